The fourth-order valence-corrected chi connectivity index (χ4v) is 1.90. The van der Waals surface area contributed by atoms with Gasteiger partial charge in [-0.25, -0.2) is 0 Å². The Morgan fingerprint density at radius 1 is 1.17 bits per heavy atom. The van der Waals surface area contributed by atoms with Gasteiger partial charge in [0.2, 0.25) is 5.91 Å². The van der Waals surface area contributed by atoms with Crippen molar-refractivity contribution in [2.24, 2.45) is 0 Å². The molecule has 1 amide bonds. The molecule has 0 atom stereocenters. The van der Waals surface area contributed by atoms with Crippen molar-refractivity contribution >= 4 is 5.91 Å². The van der Waals surface area contributed by atoms with E-state index in [4.69, 9.17) is 0 Å². The monoisotopic (exact) mass is 246 g/mol. The summed E-state index contributed by atoms with van der Waals surface area (Å²) in [4.78, 5) is 11.4. The molecule has 1 fully saturated rings. The van der Waals surface area contributed by atoms with Crippen LogP contribution >= 0.6 is 0 Å². The van der Waals surface area contributed by atoms with Gasteiger partial charge in [-0.15, -0.1) is 0 Å². The second-order valence-corrected chi connectivity index (χ2v) is 4.93. The second-order valence-electron chi connectivity index (χ2n) is 4.93. The van der Waals surface area contributed by atoms with Crippen molar-refractivity contribution in [3.8, 4) is 0 Å². The van der Waals surface area contributed by atoms with Crippen molar-refractivity contribution in [1.82, 2.24) is 10.6 Å². The summed E-state index contributed by atoms with van der Waals surface area (Å²) >= 11 is 0. The Balaban J connectivity index is 1.45. The smallest absolute Gasteiger partial charge is 0.220 e. The van der Waals surface area contributed by atoms with Crippen LogP contribution in [0.1, 0.15) is 31.2 Å². The molecule has 2 rings (SSSR count). The molecule has 2 N–H and O–H groups in total. The average Bonchev–Trinajstić information content (AvgIpc) is 3.19. The molecular weight excluding hydrogens is 224 g/mol. The normalized spacial score (nSPS) is 14.4. The molecule has 1 aromatic carbocycles. The Bertz CT molecular complexity index is 360. The van der Waals surface area contributed by atoms with Gasteiger partial charge in [0.15, 0.2) is 0 Å². The molecule has 1 aliphatic carbocycles. The first kappa shape index (κ1) is 13.1. The van der Waals surface area contributed by atoms with Crippen LogP contribution in [0.5, 0.6) is 0 Å². The molecule has 0 aliphatic heterocycles. The van der Waals surface area contributed by atoms with Gasteiger partial charge in [-0.3, -0.25) is 4.79 Å². The van der Waals surface area contributed by atoms with Crippen molar-refractivity contribution in [2.45, 2.75) is 38.1 Å². The number of hydrogen-bond acceptors (Lipinski definition) is 2. The highest BCUT2D eigenvalue weighted by Gasteiger charge is 2.22. The molecule has 1 aliphatic rings. The van der Waals surface area contributed by atoms with Crippen molar-refractivity contribution in [1.29, 1.82) is 0 Å². The molecule has 1 saturated carbocycles. The largest absolute Gasteiger partial charge is 0.353 e. The number of amides is 1. The number of carbonyl (C=O) groups is 1. The number of hydrogen-bond donors (Lipinski definition) is 2. The summed E-state index contributed by atoms with van der Waals surface area (Å²) in [6, 6.07) is 10.9. The van der Waals surface area contributed by atoms with E-state index in [9.17, 15) is 4.79 Å². The first-order valence-corrected chi connectivity index (χ1v) is 6.88. The quantitative estimate of drug-likeness (QED) is 0.688. The van der Waals surface area contributed by atoms with E-state index in [0.29, 0.717) is 12.5 Å². The fraction of sp³-hybridized carbons (Fsp3) is 0.533. The van der Waals surface area contributed by atoms with Crippen molar-refractivity contribution in [2.75, 3.05) is 13.1 Å². The zero-order chi connectivity index (χ0) is 12.6. The number of nitrogens with one attached hydrogen (secondary N) is 2. The SMILES string of the molecule is O=C(CCCNCCc1ccccc1)NC1CC1. The molecule has 0 heterocycles. The van der Waals surface area contributed by atoms with Gasteiger partial charge in [0, 0.05) is 12.5 Å². The highest BCUT2D eigenvalue weighted by Crippen LogP contribution is 2.18. The molecule has 0 aromatic heterocycles. The Morgan fingerprint density at radius 3 is 2.67 bits per heavy atom. The van der Waals surface area contributed by atoms with Gasteiger partial charge < -0.3 is 10.6 Å². The lowest BCUT2D eigenvalue weighted by Crippen LogP contribution is -2.26. The molecule has 0 saturated heterocycles. The first-order chi connectivity index (χ1) is 8.84. The minimum Gasteiger partial charge on any atom is -0.353 e. The van der Waals surface area contributed by atoms with E-state index in [-0.39, 0.29) is 5.91 Å². The average molecular weight is 246 g/mol. The lowest BCUT2D eigenvalue weighted by atomic mass is 10.1. The predicted molar refractivity (Wildman–Crippen MR) is 73.4 cm³/mol. The highest BCUT2D eigenvalue weighted by molar-refractivity contribution is 5.76. The van der Waals surface area contributed by atoms with Gasteiger partial charge in [0.05, 0.1) is 0 Å². The summed E-state index contributed by atoms with van der Waals surface area (Å²) in [7, 11) is 0. The molecule has 3 heteroatoms. The third kappa shape index (κ3) is 5.32. The van der Waals surface area contributed by atoms with Crippen LogP contribution in [0.4, 0.5) is 0 Å². The summed E-state index contributed by atoms with van der Waals surface area (Å²) in [5.74, 6) is 0.211. The van der Waals surface area contributed by atoms with E-state index in [2.05, 4.69) is 34.9 Å². The fourth-order valence-electron chi connectivity index (χ4n) is 1.90. The summed E-state index contributed by atoms with van der Waals surface area (Å²) in [6.07, 6.45) is 4.96. The molecule has 0 spiro atoms. The molecule has 1 aromatic rings. The van der Waals surface area contributed by atoms with Crippen molar-refractivity contribution in [3.05, 3.63) is 35.9 Å². The highest BCUT2D eigenvalue weighted by atomic mass is 16.1. The standard InChI is InChI=1S/C15H22N2O/c18-15(17-14-8-9-14)7-4-11-16-12-10-13-5-2-1-3-6-13/h1-3,5-6,14,16H,4,7-12H2,(H,17,18). The maximum Gasteiger partial charge on any atom is 0.220 e. The lowest BCUT2D eigenvalue weighted by Gasteiger charge is -2.05. The first-order valence-electron chi connectivity index (χ1n) is 6.88. The topological polar surface area (TPSA) is 41.1 Å². The molecule has 0 radical (unpaired) electrons. The summed E-state index contributed by atoms with van der Waals surface area (Å²) in [6.45, 7) is 1.90. The van der Waals surface area contributed by atoms with Crippen molar-refractivity contribution in [3.63, 3.8) is 0 Å². The summed E-state index contributed by atoms with van der Waals surface area (Å²) < 4.78 is 0. The Hall–Kier alpha value is -1.35. The number of benzene rings is 1. The van der Waals surface area contributed by atoms with Gasteiger partial charge in [-0.2, -0.15) is 0 Å². The molecule has 3 nitrogen and oxygen atoms in total. The molecule has 98 valence electrons. The maximum absolute atomic E-state index is 11.4. The van der Waals surface area contributed by atoms with Crippen molar-refractivity contribution < 1.29 is 4.79 Å². The third-order valence-electron chi connectivity index (χ3n) is 3.13. The van der Waals surface area contributed by atoms with E-state index in [1.807, 2.05) is 6.07 Å². The van der Waals surface area contributed by atoms with Crippen LogP contribution < -0.4 is 10.6 Å². The lowest BCUT2D eigenvalue weighted by molar-refractivity contribution is -0.121. The van der Waals surface area contributed by atoms with Gasteiger partial charge in [0.1, 0.15) is 0 Å². The van der Waals surface area contributed by atoms with Gasteiger partial charge >= 0.3 is 0 Å². The van der Waals surface area contributed by atoms with E-state index >= 15 is 0 Å². The van der Waals surface area contributed by atoms with Crippen LogP contribution in [0.3, 0.4) is 0 Å². The predicted octanol–water partition coefficient (Wildman–Crippen LogP) is 1.88. The van der Waals surface area contributed by atoms with Gasteiger partial charge in [-0.1, -0.05) is 30.3 Å². The van der Waals surface area contributed by atoms with Gasteiger partial charge in [-0.05, 0) is 44.3 Å². The van der Waals surface area contributed by atoms with E-state index < -0.39 is 0 Å². The Kier molecular flexibility index (Phi) is 5.21. The summed E-state index contributed by atoms with van der Waals surface area (Å²) in [5, 5.41) is 6.38. The maximum atomic E-state index is 11.4. The number of rotatable bonds is 8. The van der Waals surface area contributed by atoms with Crippen LogP contribution in [-0.4, -0.2) is 25.0 Å². The zero-order valence-corrected chi connectivity index (χ0v) is 10.8. The third-order valence-corrected chi connectivity index (χ3v) is 3.13. The Morgan fingerprint density at radius 2 is 1.94 bits per heavy atom. The van der Waals surface area contributed by atoms with Crippen LogP contribution in [-0.2, 0) is 11.2 Å². The van der Waals surface area contributed by atoms with Crippen LogP contribution in [0, 0.1) is 0 Å². The summed E-state index contributed by atoms with van der Waals surface area (Å²) in [5.41, 5.74) is 1.36. The van der Waals surface area contributed by atoms with E-state index in [0.717, 1.165) is 25.9 Å². The van der Waals surface area contributed by atoms with E-state index in [1.54, 1.807) is 0 Å². The zero-order valence-electron chi connectivity index (χ0n) is 10.8. The number of carbonyl (C=O) groups excluding carboxylic acids is 1. The molecule has 0 bridgehead atoms. The second kappa shape index (κ2) is 7.17. The molecule has 0 unspecified atom stereocenters. The van der Waals surface area contributed by atoms with Crippen LogP contribution in [0.25, 0.3) is 0 Å². The molecule has 18 heavy (non-hydrogen) atoms. The molecular formula is C15H22N2O. The van der Waals surface area contributed by atoms with Gasteiger partial charge in [0.25, 0.3) is 0 Å². The Labute approximate surface area is 109 Å². The minimum absolute atomic E-state index is 0.211. The van der Waals surface area contributed by atoms with Crippen LogP contribution in [0.2, 0.25) is 0 Å². The minimum atomic E-state index is 0.211. The van der Waals surface area contributed by atoms with E-state index in [1.165, 1.54) is 18.4 Å². The van der Waals surface area contributed by atoms with Crippen LogP contribution in [0.15, 0.2) is 30.3 Å².